The highest BCUT2D eigenvalue weighted by Crippen LogP contribution is 2.15. The average molecular weight is 183 g/mol. The van der Waals surface area contributed by atoms with Crippen LogP contribution in [0.4, 0.5) is 4.39 Å². The number of hydrogen-bond donors (Lipinski definition) is 2. The van der Waals surface area contributed by atoms with Gasteiger partial charge in [0.25, 0.3) is 0 Å². The first kappa shape index (κ1) is 9.67. The van der Waals surface area contributed by atoms with E-state index in [1.807, 2.05) is 0 Å². The van der Waals surface area contributed by atoms with Crippen LogP contribution in [-0.4, -0.2) is 11.1 Å². The minimum atomic E-state index is -1.14. The van der Waals surface area contributed by atoms with Crippen molar-refractivity contribution < 1.29 is 14.3 Å². The van der Waals surface area contributed by atoms with Crippen molar-refractivity contribution in [3.8, 4) is 0 Å². The molecule has 13 heavy (non-hydrogen) atoms. The van der Waals surface area contributed by atoms with Crippen LogP contribution in [-0.2, 0) is 0 Å². The van der Waals surface area contributed by atoms with Gasteiger partial charge in [0.1, 0.15) is 5.82 Å². The van der Waals surface area contributed by atoms with Gasteiger partial charge >= 0.3 is 5.97 Å². The number of carboxylic acid groups (broad SMARTS) is 1. The first-order valence-corrected chi connectivity index (χ1v) is 3.80. The molecule has 1 atom stereocenters. The molecular formula is C9H10FNO2. The van der Waals surface area contributed by atoms with Crippen molar-refractivity contribution in [2.24, 2.45) is 5.73 Å². The number of nitrogens with two attached hydrogens (primary N) is 1. The van der Waals surface area contributed by atoms with Crippen LogP contribution in [0.2, 0.25) is 0 Å². The molecule has 0 unspecified atom stereocenters. The van der Waals surface area contributed by atoms with Gasteiger partial charge in [-0.1, -0.05) is 6.07 Å². The maximum absolute atomic E-state index is 13.1. The zero-order chi connectivity index (χ0) is 10.0. The standard InChI is InChI=1S/C9H10FNO2/c1-5(11)7-3-2-6(9(12)13)4-8(7)10/h2-5H,11H2,1H3,(H,12,13)/t5-/m1/s1. The molecule has 1 rings (SSSR count). The van der Waals surface area contributed by atoms with Crippen LogP contribution in [0.1, 0.15) is 28.9 Å². The van der Waals surface area contributed by atoms with Crippen LogP contribution in [0.3, 0.4) is 0 Å². The minimum Gasteiger partial charge on any atom is -0.478 e. The van der Waals surface area contributed by atoms with Gasteiger partial charge in [0, 0.05) is 11.6 Å². The molecule has 0 saturated carbocycles. The Kier molecular flexibility index (Phi) is 2.63. The summed E-state index contributed by atoms with van der Waals surface area (Å²) in [5, 5.41) is 8.54. The monoisotopic (exact) mass is 183 g/mol. The van der Waals surface area contributed by atoms with Crippen molar-refractivity contribution in [1.29, 1.82) is 0 Å². The largest absolute Gasteiger partial charge is 0.478 e. The Balaban J connectivity index is 3.13. The zero-order valence-corrected chi connectivity index (χ0v) is 7.12. The Morgan fingerprint density at radius 2 is 2.23 bits per heavy atom. The van der Waals surface area contributed by atoms with Gasteiger partial charge in [0.05, 0.1) is 5.56 Å². The van der Waals surface area contributed by atoms with E-state index in [9.17, 15) is 9.18 Å². The van der Waals surface area contributed by atoms with E-state index < -0.39 is 17.8 Å². The summed E-state index contributed by atoms with van der Waals surface area (Å²) in [6.45, 7) is 1.64. The van der Waals surface area contributed by atoms with Crippen molar-refractivity contribution in [2.45, 2.75) is 13.0 Å². The summed E-state index contributed by atoms with van der Waals surface area (Å²) in [5.41, 5.74) is 5.71. The third kappa shape index (κ3) is 2.03. The van der Waals surface area contributed by atoms with E-state index in [-0.39, 0.29) is 5.56 Å². The second kappa shape index (κ2) is 3.53. The molecular weight excluding hydrogens is 173 g/mol. The fourth-order valence-electron chi connectivity index (χ4n) is 1.03. The summed E-state index contributed by atoms with van der Waals surface area (Å²) < 4.78 is 13.1. The van der Waals surface area contributed by atoms with Gasteiger partial charge in [0.2, 0.25) is 0 Å². The van der Waals surface area contributed by atoms with Crippen molar-refractivity contribution >= 4 is 5.97 Å². The molecule has 0 amide bonds. The van der Waals surface area contributed by atoms with Crippen molar-refractivity contribution in [3.05, 3.63) is 35.1 Å². The van der Waals surface area contributed by atoms with Gasteiger partial charge in [-0.15, -0.1) is 0 Å². The molecule has 4 heteroatoms. The molecule has 70 valence electrons. The third-order valence-corrected chi connectivity index (χ3v) is 1.74. The number of aromatic carboxylic acids is 1. The fourth-order valence-corrected chi connectivity index (χ4v) is 1.03. The van der Waals surface area contributed by atoms with Gasteiger partial charge < -0.3 is 10.8 Å². The number of carboxylic acids is 1. The van der Waals surface area contributed by atoms with E-state index >= 15 is 0 Å². The normalized spacial score (nSPS) is 12.5. The quantitative estimate of drug-likeness (QED) is 0.731. The smallest absolute Gasteiger partial charge is 0.335 e. The molecule has 0 heterocycles. The maximum Gasteiger partial charge on any atom is 0.335 e. The van der Waals surface area contributed by atoms with Crippen LogP contribution in [0.15, 0.2) is 18.2 Å². The summed E-state index contributed by atoms with van der Waals surface area (Å²) in [6, 6.07) is 3.28. The molecule has 0 radical (unpaired) electrons. The summed E-state index contributed by atoms with van der Waals surface area (Å²) in [5.74, 6) is -1.72. The molecule has 1 aromatic rings. The Morgan fingerprint density at radius 1 is 1.62 bits per heavy atom. The van der Waals surface area contributed by atoms with Crippen LogP contribution >= 0.6 is 0 Å². The lowest BCUT2D eigenvalue weighted by Crippen LogP contribution is -2.08. The molecule has 1 aromatic carbocycles. The maximum atomic E-state index is 13.1. The van der Waals surface area contributed by atoms with Gasteiger partial charge in [-0.2, -0.15) is 0 Å². The molecule has 0 aliphatic carbocycles. The topological polar surface area (TPSA) is 63.3 Å². The van der Waals surface area contributed by atoms with E-state index in [0.29, 0.717) is 5.56 Å². The fraction of sp³-hybridized carbons (Fsp3) is 0.222. The molecule has 0 aliphatic rings. The lowest BCUT2D eigenvalue weighted by molar-refractivity contribution is 0.0696. The molecule has 0 fully saturated rings. The predicted molar refractivity (Wildman–Crippen MR) is 46.0 cm³/mol. The molecule has 0 aliphatic heterocycles. The second-order valence-electron chi connectivity index (χ2n) is 2.83. The summed E-state index contributed by atoms with van der Waals surface area (Å²) in [7, 11) is 0. The first-order valence-electron chi connectivity index (χ1n) is 3.80. The van der Waals surface area contributed by atoms with Crippen molar-refractivity contribution in [1.82, 2.24) is 0 Å². The molecule has 0 spiro atoms. The summed E-state index contributed by atoms with van der Waals surface area (Å²) >= 11 is 0. The minimum absolute atomic E-state index is 0.0677. The van der Waals surface area contributed by atoms with Crippen LogP contribution in [0, 0.1) is 5.82 Å². The Labute approximate surface area is 75.0 Å². The van der Waals surface area contributed by atoms with Gasteiger partial charge in [-0.05, 0) is 19.1 Å². The molecule has 0 bridgehead atoms. The van der Waals surface area contributed by atoms with Crippen LogP contribution in [0.25, 0.3) is 0 Å². The highest BCUT2D eigenvalue weighted by Gasteiger charge is 2.10. The van der Waals surface area contributed by atoms with E-state index in [1.54, 1.807) is 6.92 Å². The number of halogens is 1. The van der Waals surface area contributed by atoms with Crippen LogP contribution < -0.4 is 5.73 Å². The number of rotatable bonds is 2. The summed E-state index contributed by atoms with van der Waals surface area (Å²) in [4.78, 5) is 10.4. The van der Waals surface area contributed by atoms with E-state index in [1.165, 1.54) is 12.1 Å². The molecule has 3 N–H and O–H groups in total. The Bertz CT molecular complexity index is 336. The van der Waals surface area contributed by atoms with Crippen molar-refractivity contribution in [2.75, 3.05) is 0 Å². The van der Waals surface area contributed by atoms with Crippen LogP contribution in [0.5, 0.6) is 0 Å². The zero-order valence-electron chi connectivity index (χ0n) is 7.12. The number of hydrogen-bond acceptors (Lipinski definition) is 2. The Hall–Kier alpha value is -1.42. The first-order chi connectivity index (χ1) is 6.02. The lowest BCUT2D eigenvalue weighted by Gasteiger charge is -2.06. The van der Waals surface area contributed by atoms with E-state index in [2.05, 4.69) is 0 Å². The Morgan fingerprint density at radius 3 is 2.62 bits per heavy atom. The van der Waals surface area contributed by atoms with Gasteiger partial charge in [-0.25, -0.2) is 9.18 Å². The lowest BCUT2D eigenvalue weighted by atomic mass is 10.1. The number of carbonyl (C=O) groups is 1. The predicted octanol–water partition coefficient (Wildman–Crippen LogP) is 1.54. The second-order valence-corrected chi connectivity index (χ2v) is 2.83. The van der Waals surface area contributed by atoms with E-state index in [0.717, 1.165) is 6.07 Å². The SMILES string of the molecule is C[C@@H](N)c1ccc(C(=O)O)cc1F. The van der Waals surface area contributed by atoms with Gasteiger partial charge in [0.15, 0.2) is 0 Å². The molecule has 3 nitrogen and oxygen atoms in total. The highest BCUT2D eigenvalue weighted by molar-refractivity contribution is 5.87. The highest BCUT2D eigenvalue weighted by atomic mass is 19.1. The summed E-state index contributed by atoms with van der Waals surface area (Å²) in [6.07, 6.45) is 0. The average Bonchev–Trinajstić information content (AvgIpc) is 2.03. The number of benzene rings is 1. The molecule has 0 saturated heterocycles. The third-order valence-electron chi connectivity index (χ3n) is 1.74. The molecule has 0 aromatic heterocycles. The van der Waals surface area contributed by atoms with Gasteiger partial charge in [-0.3, -0.25) is 0 Å². The van der Waals surface area contributed by atoms with Crippen molar-refractivity contribution in [3.63, 3.8) is 0 Å². The van der Waals surface area contributed by atoms with E-state index in [4.69, 9.17) is 10.8 Å².